The molecule has 1 aromatic rings. The Morgan fingerprint density at radius 1 is 1.53 bits per heavy atom. The summed E-state index contributed by atoms with van der Waals surface area (Å²) in [5, 5.41) is 8.77. The lowest BCUT2D eigenvalue weighted by molar-refractivity contribution is -0.131. The molecule has 2 rings (SSSR count). The maximum Gasteiger partial charge on any atom is 0.328 e. The number of anilines is 1. The van der Waals surface area contributed by atoms with Crippen molar-refractivity contribution in [3.05, 3.63) is 34.3 Å². The molecule has 0 saturated heterocycles. The van der Waals surface area contributed by atoms with Crippen LogP contribution in [0, 0.1) is 5.92 Å². The Labute approximate surface area is 122 Å². The van der Waals surface area contributed by atoms with Crippen LogP contribution in [0.2, 0.25) is 0 Å². The van der Waals surface area contributed by atoms with Crippen LogP contribution in [0.4, 0.5) is 5.69 Å². The molecule has 1 fully saturated rings. The monoisotopic (exact) mass is 323 g/mol. The van der Waals surface area contributed by atoms with Crippen molar-refractivity contribution in [2.75, 3.05) is 18.0 Å². The minimum atomic E-state index is -0.920. The van der Waals surface area contributed by atoms with Gasteiger partial charge in [0.15, 0.2) is 0 Å². The van der Waals surface area contributed by atoms with Crippen molar-refractivity contribution in [3.8, 4) is 0 Å². The van der Waals surface area contributed by atoms with Crippen molar-refractivity contribution < 1.29 is 9.90 Å². The van der Waals surface area contributed by atoms with Gasteiger partial charge in [-0.05, 0) is 55.5 Å². The predicted octanol–water partition coefficient (Wildman–Crippen LogP) is 3.78. The molecule has 1 aliphatic carbocycles. The highest BCUT2D eigenvalue weighted by atomic mass is 79.9. The third kappa shape index (κ3) is 4.10. The number of nitrogens with zero attached hydrogens (tertiary/aromatic N) is 1. The van der Waals surface area contributed by atoms with Crippen molar-refractivity contribution in [3.63, 3.8) is 0 Å². The van der Waals surface area contributed by atoms with Gasteiger partial charge >= 0.3 is 5.97 Å². The summed E-state index contributed by atoms with van der Waals surface area (Å²) >= 11 is 3.44. The van der Waals surface area contributed by atoms with Crippen LogP contribution < -0.4 is 4.90 Å². The molecular formula is C15H18BrNO2. The summed E-state index contributed by atoms with van der Waals surface area (Å²) in [7, 11) is 0. The lowest BCUT2D eigenvalue weighted by atomic mass is 10.1. The van der Waals surface area contributed by atoms with Gasteiger partial charge in [-0.15, -0.1) is 0 Å². The molecule has 0 aliphatic heterocycles. The highest BCUT2D eigenvalue weighted by molar-refractivity contribution is 9.10. The van der Waals surface area contributed by atoms with E-state index in [4.69, 9.17) is 5.11 Å². The van der Waals surface area contributed by atoms with E-state index in [1.54, 1.807) is 6.08 Å². The van der Waals surface area contributed by atoms with Gasteiger partial charge in [-0.2, -0.15) is 0 Å². The molecule has 102 valence electrons. The lowest BCUT2D eigenvalue weighted by Gasteiger charge is -2.25. The quantitative estimate of drug-likeness (QED) is 0.810. The van der Waals surface area contributed by atoms with Crippen LogP contribution in [0.3, 0.4) is 0 Å². The Hall–Kier alpha value is -1.29. The third-order valence-electron chi connectivity index (χ3n) is 3.29. The van der Waals surface area contributed by atoms with E-state index in [1.165, 1.54) is 18.9 Å². The first-order valence-electron chi connectivity index (χ1n) is 6.55. The highest BCUT2D eigenvalue weighted by Gasteiger charge is 2.24. The molecule has 0 heterocycles. The molecular weight excluding hydrogens is 306 g/mol. The van der Waals surface area contributed by atoms with Crippen LogP contribution >= 0.6 is 15.9 Å². The summed E-state index contributed by atoms with van der Waals surface area (Å²) in [4.78, 5) is 13.0. The maximum absolute atomic E-state index is 10.7. The molecule has 0 amide bonds. The SMILES string of the molecule is CCN(CC1CC1)c1ccc(Br)cc1/C=C/C(=O)O. The van der Waals surface area contributed by atoms with E-state index in [1.807, 2.05) is 12.1 Å². The fourth-order valence-electron chi connectivity index (χ4n) is 2.12. The van der Waals surface area contributed by atoms with Crippen LogP contribution in [-0.4, -0.2) is 24.2 Å². The van der Waals surface area contributed by atoms with Gasteiger partial charge in [-0.3, -0.25) is 0 Å². The Balaban J connectivity index is 2.28. The van der Waals surface area contributed by atoms with Crippen molar-refractivity contribution in [2.45, 2.75) is 19.8 Å². The fourth-order valence-corrected chi connectivity index (χ4v) is 2.50. The van der Waals surface area contributed by atoms with E-state index in [0.29, 0.717) is 0 Å². The van der Waals surface area contributed by atoms with Crippen molar-refractivity contribution in [2.24, 2.45) is 5.92 Å². The third-order valence-corrected chi connectivity index (χ3v) is 3.79. The predicted molar refractivity (Wildman–Crippen MR) is 81.4 cm³/mol. The molecule has 1 aliphatic rings. The molecule has 4 heteroatoms. The molecule has 1 aromatic carbocycles. The second-order valence-electron chi connectivity index (χ2n) is 4.86. The average molecular weight is 324 g/mol. The number of carboxylic acids is 1. The van der Waals surface area contributed by atoms with Gasteiger partial charge in [0.25, 0.3) is 0 Å². The van der Waals surface area contributed by atoms with Crippen LogP contribution in [0.5, 0.6) is 0 Å². The molecule has 19 heavy (non-hydrogen) atoms. The number of hydrogen-bond acceptors (Lipinski definition) is 2. The first-order valence-corrected chi connectivity index (χ1v) is 7.35. The van der Waals surface area contributed by atoms with Crippen molar-refractivity contribution >= 4 is 33.7 Å². The van der Waals surface area contributed by atoms with E-state index in [-0.39, 0.29) is 0 Å². The molecule has 0 radical (unpaired) electrons. The average Bonchev–Trinajstić information content (AvgIpc) is 3.18. The zero-order valence-corrected chi connectivity index (χ0v) is 12.6. The van der Waals surface area contributed by atoms with E-state index in [2.05, 4.69) is 33.8 Å². The largest absolute Gasteiger partial charge is 0.478 e. The van der Waals surface area contributed by atoms with Crippen molar-refractivity contribution in [1.82, 2.24) is 0 Å². The van der Waals surface area contributed by atoms with Gasteiger partial charge < -0.3 is 10.0 Å². The van der Waals surface area contributed by atoms with Crippen LogP contribution in [0.25, 0.3) is 6.08 Å². The minimum Gasteiger partial charge on any atom is -0.478 e. The summed E-state index contributed by atoms with van der Waals surface area (Å²) in [5.41, 5.74) is 2.05. The topological polar surface area (TPSA) is 40.5 Å². The summed E-state index contributed by atoms with van der Waals surface area (Å²) in [6.45, 7) is 4.13. The zero-order chi connectivity index (χ0) is 13.8. The zero-order valence-electron chi connectivity index (χ0n) is 11.0. The molecule has 0 atom stereocenters. The number of halogens is 1. The molecule has 0 unspecified atom stereocenters. The van der Waals surface area contributed by atoms with Gasteiger partial charge in [-0.1, -0.05) is 15.9 Å². The molecule has 0 bridgehead atoms. The second kappa shape index (κ2) is 6.24. The Morgan fingerprint density at radius 2 is 2.26 bits per heavy atom. The number of rotatable bonds is 6. The van der Waals surface area contributed by atoms with Crippen molar-refractivity contribution in [1.29, 1.82) is 0 Å². The summed E-state index contributed by atoms with van der Waals surface area (Å²) in [6, 6.07) is 6.02. The van der Waals surface area contributed by atoms with E-state index >= 15 is 0 Å². The smallest absolute Gasteiger partial charge is 0.328 e. The van der Waals surface area contributed by atoms with Crippen LogP contribution in [-0.2, 0) is 4.79 Å². The highest BCUT2D eigenvalue weighted by Crippen LogP contribution is 2.33. The van der Waals surface area contributed by atoms with Gasteiger partial charge in [0.2, 0.25) is 0 Å². The number of hydrogen-bond donors (Lipinski definition) is 1. The lowest BCUT2D eigenvalue weighted by Crippen LogP contribution is -2.25. The van der Waals surface area contributed by atoms with E-state index in [0.717, 1.165) is 34.7 Å². The Morgan fingerprint density at radius 3 is 2.84 bits per heavy atom. The normalized spacial score (nSPS) is 14.8. The standard InChI is InChI=1S/C15H18BrNO2/c1-2-17(10-11-3-4-11)14-7-6-13(16)9-12(14)5-8-15(18)19/h5-9,11H,2-4,10H2,1H3,(H,18,19)/b8-5+. The summed E-state index contributed by atoms with van der Waals surface area (Å²) in [6.07, 6.45) is 5.48. The maximum atomic E-state index is 10.7. The van der Waals surface area contributed by atoms with E-state index < -0.39 is 5.97 Å². The van der Waals surface area contributed by atoms with Gasteiger partial charge in [0.05, 0.1) is 0 Å². The minimum absolute atomic E-state index is 0.805. The number of aliphatic carboxylic acids is 1. The molecule has 0 aromatic heterocycles. The number of carbonyl (C=O) groups is 1. The fraction of sp³-hybridized carbons (Fsp3) is 0.400. The first-order chi connectivity index (χ1) is 9.10. The second-order valence-corrected chi connectivity index (χ2v) is 5.77. The Kier molecular flexibility index (Phi) is 4.64. The first kappa shape index (κ1) is 14.1. The van der Waals surface area contributed by atoms with Gasteiger partial charge in [0, 0.05) is 29.3 Å². The molecule has 1 N–H and O–H groups in total. The molecule has 1 saturated carbocycles. The van der Waals surface area contributed by atoms with Gasteiger partial charge in [0.1, 0.15) is 0 Å². The van der Waals surface area contributed by atoms with Crippen LogP contribution in [0.1, 0.15) is 25.3 Å². The van der Waals surface area contributed by atoms with Gasteiger partial charge in [-0.25, -0.2) is 4.79 Å². The Bertz CT molecular complexity index is 495. The van der Waals surface area contributed by atoms with E-state index in [9.17, 15) is 4.79 Å². The molecule has 0 spiro atoms. The number of carboxylic acid groups (broad SMARTS) is 1. The summed E-state index contributed by atoms with van der Waals surface area (Å²) in [5.74, 6) is -0.115. The number of benzene rings is 1. The summed E-state index contributed by atoms with van der Waals surface area (Å²) < 4.78 is 0.962. The molecule has 3 nitrogen and oxygen atoms in total. The van der Waals surface area contributed by atoms with Crippen LogP contribution in [0.15, 0.2) is 28.7 Å².